The number of aromatic hydroxyl groups is 1. The lowest BCUT2D eigenvalue weighted by molar-refractivity contribution is 0.471. The number of rotatable bonds is 2. The minimum absolute atomic E-state index is 0.301. The van der Waals surface area contributed by atoms with Crippen molar-refractivity contribution in [3.05, 3.63) is 42.0 Å². The van der Waals surface area contributed by atoms with Crippen molar-refractivity contribution in [1.29, 1.82) is 0 Å². The molecule has 0 atom stereocenters. The molecule has 62 valence electrons. The molecule has 1 N–H and O–H groups in total. The Morgan fingerprint density at radius 3 is 2.17 bits per heavy atom. The normalized spacial score (nSPS) is 9.42. The molecule has 1 aromatic rings. The minimum Gasteiger partial charge on any atom is -0.508 e. The molecule has 12 heavy (non-hydrogen) atoms. The van der Waals surface area contributed by atoms with E-state index in [4.69, 9.17) is 0 Å². The lowest BCUT2D eigenvalue weighted by Gasteiger charge is -2.04. The van der Waals surface area contributed by atoms with Gasteiger partial charge in [-0.2, -0.15) is 0 Å². The molecule has 0 heterocycles. The van der Waals surface area contributed by atoms with Gasteiger partial charge in [-0.25, -0.2) is 0 Å². The summed E-state index contributed by atoms with van der Waals surface area (Å²) in [6.07, 6.45) is 3.46. The fourth-order valence-corrected chi connectivity index (χ4v) is 1.09. The second-order valence-electron chi connectivity index (χ2n) is 2.68. The number of aryl methyl sites for hydroxylation is 1. The van der Waals surface area contributed by atoms with E-state index in [2.05, 4.69) is 13.2 Å². The molecule has 1 rings (SSSR count). The highest BCUT2D eigenvalue weighted by Gasteiger charge is 2.00. The van der Waals surface area contributed by atoms with Gasteiger partial charge in [0.2, 0.25) is 0 Å². The van der Waals surface area contributed by atoms with Gasteiger partial charge in [0.15, 0.2) is 0 Å². The van der Waals surface area contributed by atoms with Crippen molar-refractivity contribution in [2.45, 2.75) is 6.92 Å². The van der Waals surface area contributed by atoms with E-state index >= 15 is 0 Å². The van der Waals surface area contributed by atoms with E-state index in [-0.39, 0.29) is 0 Å². The molecule has 0 radical (unpaired) electrons. The molecule has 0 amide bonds. The third-order valence-electron chi connectivity index (χ3n) is 1.84. The van der Waals surface area contributed by atoms with Gasteiger partial charge in [-0.15, -0.1) is 0 Å². The summed E-state index contributed by atoms with van der Waals surface area (Å²) in [4.78, 5) is 0. The fourth-order valence-electron chi connectivity index (χ4n) is 1.09. The Morgan fingerprint density at radius 2 is 1.67 bits per heavy atom. The van der Waals surface area contributed by atoms with Crippen molar-refractivity contribution in [1.82, 2.24) is 0 Å². The van der Waals surface area contributed by atoms with Crippen LogP contribution in [-0.2, 0) is 0 Å². The van der Waals surface area contributed by atoms with E-state index in [9.17, 15) is 5.11 Å². The van der Waals surface area contributed by atoms with E-state index in [0.29, 0.717) is 5.75 Å². The molecule has 0 saturated heterocycles. The molecule has 0 saturated carbocycles. The number of hydrogen-bond donors (Lipinski definition) is 1. The van der Waals surface area contributed by atoms with Crippen LogP contribution in [0, 0.1) is 6.92 Å². The Balaban J connectivity index is 3.37. The van der Waals surface area contributed by atoms with Gasteiger partial charge in [-0.1, -0.05) is 25.3 Å². The van der Waals surface area contributed by atoms with Crippen LogP contribution in [-0.4, -0.2) is 5.11 Å². The minimum atomic E-state index is 0.301. The maximum Gasteiger partial charge on any atom is 0.119 e. The largest absolute Gasteiger partial charge is 0.508 e. The topological polar surface area (TPSA) is 20.2 Å². The van der Waals surface area contributed by atoms with E-state index < -0.39 is 0 Å². The highest BCUT2D eigenvalue weighted by molar-refractivity contribution is 5.66. The maximum absolute atomic E-state index is 9.37. The van der Waals surface area contributed by atoms with Gasteiger partial charge < -0.3 is 5.11 Å². The fraction of sp³-hybridized carbons (Fsp3) is 0.0909. The average molecular weight is 160 g/mol. The summed E-state index contributed by atoms with van der Waals surface area (Å²) >= 11 is 0. The molecule has 0 unspecified atom stereocenters. The Kier molecular flexibility index (Phi) is 2.34. The summed E-state index contributed by atoms with van der Waals surface area (Å²) in [5.74, 6) is 0.301. The quantitative estimate of drug-likeness (QED) is 0.705. The molecule has 0 spiro atoms. The molecule has 0 aliphatic heterocycles. The predicted molar refractivity (Wildman–Crippen MR) is 53.0 cm³/mol. The van der Waals surface area contributed by atoms with E-state index in [1.807, 2.05) is 13.0 Å². The van der Waals surface area contributed by atoms with Crippen molar-refractivity contribution in [3.63, 3.8) is 0 Å². The van der Waals surface area contributed by atoms with Crippen LogP contribution in [0.25, 0.3) is 12.2 Å². The van der Waals surface area contributed by atoms with Crippen LogP contribution in [0.2, 0.25) is 0 Å². The molecule has 0 aliphatic rings. The van der Waals surface area contributed by atoms with Gasteiger partial charge in [-0.05, 0) is 35.7 Å². The molecule has 0 aliphatic carbocycles. The SMILES string of the molecule is C=Cc1cc(C)c(O)cc1C=C. The second-order valence-corrected chi connectivity index (χ2v) is 2.68. The van der Waals surface area contributed by atoms with E-state index in [0.717, 1.165) is 16.7 Å². The lowest BCUT2D eigenvalue weighted by atomic mass is 10.0. The highest BCUT2D eigenvalue weighted by atomic mass is 16.3. The van der Waals surface area contributed by atoms with Crippen molar-refractivity contribution in [2.75, 3.05) is 0 Å². The Morgan fingerprint density at radius 1 is 1.17 bits per heavy atom. The van der Waals surface area contributed by atoms with Gasteiger partial charge in [0.05, 0.1) is 0 Å². The van der Waals surface area contributed by atoms with Gasteiger partial charge >= 0.3 is 0 Å². The van der Waals surface area contributed by atoms with Crippen LogP contribution in [0.3, 0.4) is 0 Å². The van der Waals surface area contributed by atoms with Crippen LogP contribution in [0.15, 0.2) is 25.3 Å². The molecule has 0 bridgehead atoms. The Bertz CT molecular complexity index is 291. The van der Waals surface area contributed by atoms with Gasteiger partial charge in [0.1, 0.15) is 5.75 Å². The van der Waals surface area contributed by atoms with Crippen LogP contribution >= 0.6 is 0 Å². The first-order chi connectivity index (χ1) is 5.69. The zero-order chi connectivity index (χ0) is 9.14. The summed E-state index contributed by atoms with van der Waals surface area (Å²) in [6.45, 7) is 9.19. The number of phenolic OH excluding ortho intramolecular Hbond substituents is 1. The summed E-state index contributed by atoms with van der Waals surface area (Å²) in [6, 6.07) is 3.58. The van der Waals surface area contributed by atoms with E-state index in [1.54, 1.807) is 18.2 Å². The van der Waals surface area contributed by atoms with Gasteiger partial charge in [0.25, 0.3) is 0 Å². The van der Waals surface area contributed by atoms with Crippen LogP contribution < -0.4 is 0 Å². The molecular formula is C11H12O. The molecule has 1 aromatic carbocycles. The number of hydrogen-bond acceptors (Lipinski definition) is 1. The third-order valence-corrected chi connectivity index (χ3v) is 1.84. The second kappa shape index (κ2) is 3.26. The number of phenols is 1. The van der Waals surface area contributed by atoms with Crippen molar-refractivity contribution >= 4 is 12.2 Å². The average Bonchev–Trinajstić information content (AvgIpc) is 2.09. The smallest absolute Gasteiger partial charge is 0.119 e. The summed E-state index contributed by atoms with van der Waals surface area (Å²) in [5, 5.41) is 9.37. The molecular weight excluding hydrogens is 148 g/mol. The molecule has 1 heteroatoms. The first-order valence-electron chi connectivity index (χ1n) is 3.77. The summed E-state index contributed by atoms with van der Waals surface area (Å²) in [7, 11) is 0. The lowest BCUT2D eigenvalue weighted by Crippen LogP contribution is -1.83. The monoisotopic (exact) mass is 160 g/mol. The standard InChI is InChI=1S/C11H12O/c1-4-9-6-8(3)11(12)7-10(9)5-2/h4-7,12H,1-2H2,3H3. The Labute approximate surface area is 72.7 Å². The summed E-state index contributed by atoms with van der Waals surface area (Å²) < 4.78 is 0. The zero-order valence-electron chi connectivity index (χ0n) is 7.17. The van der Waals surface area contributed by atoms with Crippen LogP contribution in [0.5, 0.6) is 5.75 Å². The molecule has 1 nitrogen and oxygen atoms in total. The van der Waals surface area contributed by atoms with Gasteiger partial charge in [0, 0.05) is 0 Å². The van der Waals surface area contributed by atoms with E-state index in [1.165, 1.54) is 0 Å². The van der Waals surface area contributed by atoms with Crippen molar-refractivity contribution < 1.29 is 5.11 Å². The number of benzene rings is 1. The zero-order valence-corrected chi connectivity index (χ0v) is 7.17. The highest BCUT2D eigenvalue weighted by Crippen LogP contribution is 2.23. The van der Waals surface area contributed by atoms with Crippen LogP contribution in [0.4, 0.5) is 0 Å². The first kappa shape index (κ1) is 8.60. The van der Waals surface area contributed by atoms with Gasteiger partial charge in [-0.3, -0.25) is 0 Å². The maximum atomic E-state index is 9.37. The van der Waals surface area contributed by atoms with Crippen molar-refractivity contribution in [2.24, 2.45) is 0 Å². The Hall–Kier alpha value is -1.50. The molecule has 0 fully saturated rings. The summed E-state index contributed by atoms with van der Waals surface area (Å²) in [5.41, 5.74) is 2.77. The van der Waals surface area contributed by atoms with Crippen LogP contribution in [0.1, 0.15) is 16.7 Å². The third kappa shape index (κ3) is 1.40. The predicted octanol–water partition coefficient (Wildman–Crippen LogP) is 2.99. The molecule has 0 aromatic heterocycles. The van der Waals surface area contributed by atoms with Crippen molar-refractivity contribution in [3.8, 4) is 5.75 Å². The first-order valence-corrected chi connectivity index (χ1v) is 3.77.